The molecular formula is C14H15FN2OS. The maximum Gasteiger partial charge on any atom is 0.186 e. The first-order valence-electron chi connectivity index (χ1n) is 6.29. The molecule has 2 aromatic rings. The molecule has 1 saturated heterocycles. The predicted octanol–water partition coefficient (Wildman–Crippen LogP) is 3.09. The number of anilines is 1. The number of benzene rings is 1. The lowest BCUT2D eigenvalue weighted by Gasteiger charge is -2.26. The molecule has 0 radical (unpaired) electrons. The van der Waals surface area contributed by atoms with Crippen LogP contribution in [0, 0.1) is 12.7 Å². The molecular weight excluding hydrogens is 263 g/mol. The molecule has 1 aromatic heterocycles. The molecule has 0 amide bonds. The molecule has 0 bridgehead atoms. The smallest absolute Gasteiger partial charge is 0.186 e. The molecule has 1 fully saturated rings. The van der Waals surface area contributed by atoms with Crippen LogP contribution in [0.25, 0.3) is 11.3 Å². The third-order valence-electron chi connectivity index (χ3n) is 3.24. The fraction of sp³-hybridized carbons (Fsp3) is 0.357. The summed E-state index contributed by atoms with van der Waals surface area (Å²) in [5.41, 5.74) is 2.83. The van der Waals surface area contributed by atoms with Crippen LogP contribution >= 0.6 is 11.3 Å². The molecule has 0 aliphatic carbocycles. The van der Waals surface area contributed by atoms with Crippen LogP contribution < -0.4 is 4.90 Å². The molecule has 19 heavy (non-hydrogen) atoms. The van der Waals surface area contributed by atoms with Crippen molar-refractivity contribution in [3.8, 4) is 11.3 Å². The molecule has 0 atom stereocenters. The number of aryl methyl sites for hydroxylation is 1. The number of halogens is 1. The van der Waals surface area contributed by atoms with Crippen molar-refractivity contribution in [2.75, 3.05) is 31.2 Å². The van der Waals surface area contributed by atoms with Crippen LogP contribution in [0.1, 0.15) is 5.56 Å². The minimum Gasteiger partial charge on any atom is -0.378 e. The number of hydrogen-bond donors (Lipinski definition) is 0. The van der Waals surface area contributed by atoms with E-state index >= 15 is 0 Å². The van der Waals surface area contributed by atoms with Gasteiger partial charge in [-0.1, -0.05) is 0 Å². The Balaban J connectivity index is 1.87. The first-order chi connectivity index (χ1) is 9.24. The van der Waals surface area contributed by atoms with Gasteiger partial charge in [-0.05, 0) is 30.7 Å². The molecule has 2 heterocycles. The van der Waals surface area contributed by atoms with E-state index in [4.69, 9.17) is 4.74 Å². The van der Waals surface area contributed by atoms with E-state index in [0.717, 1.165) is 48.3 Å². The number of morpholine rings is 1. The Labute approximate surface area is 115 Å². The van der Waals surface area contributed by atoms with Crippen LogP contribution in [-0.4, -0.2) is 31.3 Å². The normalized spacial score (nSPS) is 15.8. The van der Waals surface area contributed by atoms with Crippen LogP contribution in [0.4, 0.5) is 9.52 Å². The highest BCUT2D eigenvalue weighted by molar-refractivity contribution is 7.14. The van der Waals surface area contributed by atoms with Crippen molar-refractivity contribution in [2.24, 2.45) is 0 Å². The summed E-state index contributed by atoms with van der Waals surface area (Å²) < 4.78 is 18.5. The minimum absolute atomic E-state index is 0.204. The maximum atomic E-state index is 13.1. The van der Waals surface area contributed by atoms with E-state index in [0.29, 0.717) is 0 Å². The van der Waals surface area contributed by atoms with E-state index < -0.39 is 0 Å². The summed E-state index contributed by atoms with van der Waals surface area (Å²) in [6.07, 6.45) is 0. The Morgan fingerprint density at radius 1 is 1.32 bits per heavy atom. The molecule has 0 N–H and O–H groups in total. The van der Waals surface area contributed by atoms with Crippen molar-refractivity contribution >= 4 is 16.5 Å². The van der Waals surface area contributed by atoms with E-state index in [1.54, 1.807) is 23.5 Å². The Bertz CT molecular complexity index is 579. The van der Waals surface area contributed by atoms with Gasteiger partial charge in [0.1, 0.15) is 5.82 Å². The predicted molar refractivity (Wildman–Crippen MR) is 75.3 cm³/mol. The highest BCUT2D eigenvalue weighted by atomic mass is 32.1. The van der Waals surface area contributed by atoms with E-state index in [9.17, 15) is 4.39 Å². The number of nitrogens with zero attached hydrogens (tertiary/aromatic N) is 2. The van der Waals surface area contributed by atoms with Gasteiger partial charge in [-0.3, -0.25) is 0 Å². The summed E-state index contributed by atoms with van der Waals surface area (Å²) in [4.78, 5) is 6.89. The molecule has 3 nitrogen and oxygen atoms in total. The quantitative estimate of drug-likeness (QED) is 0.844. The van der Waals surface area contributed by atoms with Crippen LogP contribution in [0.5, 0.6) is 0 Å². The third-order valence-corrected chi connectivity index (χ3v) is 4.14. The van der Waals surface area contributed by atoms with Crippen LogP contribution in [0.2, 0.25) is 0 Å². The van der Waals surface area contributed by atoms with Crippen LogP contribution in [0.3, 0.4) is 0 Å². The fourth-order valence-electron chi connectivity index (χ4n) is 2.20. The number of hydrogen-bond acceptors (Lipinski definition) is 4. The Kier molecular flexibility index (Phi) is 3.48. The lowest BCUT2D eigenvalue weighted by atomic mass is 10.1. The second kappa shape index (κ2) is 5.27. The molecule has 0 unspecified atom stereocenters. The summed E-state index contributed by atoms with van der Waals surface area (Å²) in [5, 5.41) is 3.05. The second-order valence-electron chi connectivity index (χ2n) is 4.57. The molecule has 1 aromatic carbocycles. The summed E-state index contributed by atoms with van der Waals surface area (Å²) in [5.74, 6) is -0.204. The molecule has 0 saturated carbocycles. The van der Waals surface area contributed by atoms with E-state index in [1.165, 1.54) is 6.07 Å². The van der Waals surface area contributed by atoms with Crippen LogP contribution in [-0.2, 0) is 4.74 Å². The maximum absolute atomic E-state index is 13.1. The van der Waals surface area contributed by atoms with E-state index in [-0.39, 0.29) is 5.82 Å². The number of rotatable bonds is 2. The summed E-state index contributed by atoms with van der Waals surface area (Å²) >= 11 is 1.63. The van der Waals surface area contributed by atoms with Crippen molar-refractivity contribution in [1.29, 1.82) is 0 Å². The third kappa shape index (κ3) is 2.62. The zero-order valence-electron chi connectivity index (χ0n) is 10.7. The van der Waals surface area contributed by atoms with Crippen molar-refractivity contribution in [3.63, 3.8) is 0 Å². The minimum atomic E-state index is -0.204. The van der Waals surface area contributed by atoms with Crippen molar-refractivity contribution in [1.82, 2.24) is 4.98 Å². The zero-order valence-corrected chi connectivity index (χ0v) is 11.5. The molecule has 5 heteroatoms. The van der Waals surface area contributed by atoms with Gasteiger partial charge in [-0.25, -0.2) is 9.37 Å². The van der Waals surface area contributed by atoms with Gasteiger partial charge in [0.15, 0.2) is 5.13 Å². The largest absolute Gasteiger partial charge is 0.378 e. The first kappa shape index (κ1) is 12.6. The van der Waals surface area contributed by atoms with Gasteiger partial charge >= 0.3 is 0 Å². The fourth-order valence-corrected chi connectivity index (χ4v) is 3.08. The first-order valence-corrected chi connectivity index (χ1v) is 7.17. The lowest BCUT2D eigenvalue weighted by Crippen LogP contribution is -2.36. The second-order valence-corrected chi connectivity index (χ2v) is 5.41. The highest BCUT2D eigenvalue weighted by Gasteiger charge is 2.15. The molecule has 1 aliphatic rings. The van der Waals surface area contributed by atoms with Gasteiger partial charge < -0.3 is 9.64 Å². The number of thiazole rings is 1. The van der Waals surface area contributed by atoms with Gasteiger partial charge in [0.2, 0.25) is 0 Å². The Morgan fingerprint density at radius 3 is 2.84 bits per heavy atom. The van der Waals surface area contributed by atoms with Gasteiger partial charge in [0, 0.05) is 24.0 Å². The molecule has 100 valence electrons. The standard InChI is InChI=1S/C14H15FN2OS/c1-10-8-11(15)2-3-12(10)13-9-19-14(16-13)17-4-6-18-7-5-17/h2-3,8-9H,4-7H2,1H3. The zero-order chi connectivity index (χ0) is 13.2. The molecule has 3 rings (SSSR count). The monoisotopic (exact) mass is 278 g/mol. The Hall–Kier alpha value is -1.46. The summed E-state index contributed by atoms with van der Waals surface area (Å²) in [7, 11) is 0. The summed E-state index contributed by atoms with van der Waals surface area (Å²) in [6, 6.07) is 4.82. The topological polar surface area (TPSA) is 25.4 Å². The van der Waals surface area contributed by atoms with Gasteiger partial charge in [0.05, 0.1) is 18.9 Å². The Morgan fingerprint density at radius 2 is 2.11 bits per heavy atom. The molecule has 0 spiro atoms. The molecule has 1 aliphatic heterocycles. The highest BCUT2D eigenvalue weighted by Crippen LogP contribution is 2.30. The van der Waals surface area contributed by atoms with E-state index in [2.05, 4.69) is 9.88 Å². The van der Waals surface area contributed by atoms with Gasteiger partial charge in [0.25, 0.3) is 0 Å². The average Bonchev–Trinajstić information content (AvgIpc) is 2.89. The lowest BCUT2D eigenvalue weighted by molar-refractivity contribution is 0.122. The average molecular weight is 278 g/mol. The van der Waals surface area contributed by atoms with Crippen molar-refractivity contribution in [2.45, 2.75) is 6.92 Å². The number of aromatic nitrogens is 1. The number of ether oxygens (including phenoxy) is 1. The van der Waals surface area contributed by atoms with Gasteiger partial charge in [-0.15, -0.1) is 11.3 Å². The van der Waals surface area contributed by atoms with Crippen LogP contribution in [0.15, 0.2) is 23.6 Å². The van der Waals surface area contributed by atoms with Gasteiger partial charge in [-0.2, -0.15) is 0 Å². The van der Waals surface area contributed by atoms with E-state index in [1.807, 2.05) is 12.3 Å². The van der Waals surface area contributed by atoms with Crippen molar-refractivity contribution in [3.05, 3.63) is 35.0 Å². The van der Waals surface area contributed by atoms with Crippen molar-refractivity contribution < 1.29 is 9.13 Å². The SMILES string of the molecule is Cc1cc(F)ccc1-c1csc(N2CCOCC2)n1. The summed E-state index contributed by atoms with van der Waals surface area (Å²) in [6.45, 7) is 5.19.